The SMILES string of the molecule is CNc1snc(C)c1C(=O)NNC(=O)c1cc(C)oc1C. The molecule has 0 aliphatic carbocycles. The van der Waals surface area contributed by atoms with Gasteiger partial charge in [-0.15, -0.1) is 0 Å². The third-order valence-electron chi connectivity index (χ3n) is 2.89. The Balaban J connectivity index is 2.06. The fourth-order valence-corrected chi connectivity index (χ4v) is 2.65. The topological polar surface area (TPSA) is 96.3 Å². The Bertz CT molecular complexity index is 690. The molecule has 0 aliphatic rings. The number of carbonyl (C=O) groups excluding carboxylic acids is 2. The molecule has 0 aromatic carbocycles. The lowest BCUT2D eigenvalue weighted by atomic mass is 10.2. The molecular formula is C13H16N4O3S. The second-order valence-electron chi connectivity index (χ2n) is 4.46. The highest BCUT2D eigenvalue weighted by Gasteiger charge is 2.19. The standard InChI is InChI=1S/C13H16N4O3S/c1-6-5-9(8(3)20-6)11(18)15-16-12(19)10-7(2)17-21-13(10)14-4/h5,14H,1-4H3,(H,15,18)(H,16,19). The zero-order valence-electron chi connectivity index (χ0n) is 12.2. The first-order chi connectivity index (χ1) is 9.93. The minimum Gasteiger partial charge on any atom is -0.466 e. The maximum absolute atomic E-state index is 12.1. The Labute approximate surface area is 125 Å². The van der Waals surface area contributed by atoms with Crippen molar-refractivity contribution in [1.29, 1.82) is 0 Å². The number of hydrazine groups is 1. The maximum atomic E-state index is 12.1. The van der Waals surface area contributed by atoms with Gasteiger partial charge in [-0.25, -0.2) is 0 Å². The van der Waals surface area contributed by atoms with Crippen molar-refractivity contribution in [3.05, 3.63) is 34.4 Å². The van der Waals surface area contributed by atoms with Gasteiger partial charge in [0.25, 0.3) is 11.8 Å². The number of aryl methyl sites for hydroxylation is 3. The van der Waals surface area contributed by atoms with E-state index in [1.54, 1.807) is 33.9 Å². The summed E-state index contributed by atoms with van der Waals surface area (Å²) in [6, 6.07) is 1.62. The molecule has 0 fully saturated rings. The molecule has 0 spiro atoms. The average molecular weight is 308 g/mol. The van der Waals surface area contributed by atoms with Crippen molar-refractivity contribution in [2.45, 2.75) is 20.8 Å². The summed E-state index contributed by atoms with van der Waals surface area (Å²) < 4.78 is 9.38. The Morgan fingerprint density at radius 2 is 1.86 bits per heavy atom. The van der Waals surface area contributed by atoms with E-state index in [1.165, 1.54) is 11.5 Å². The van der Waals surface area contributed by atoms with E-state index in [1.807, 2.05) is 0 Å². The van der Waals surface area contributed by atoms with Crippen LogP contribution in [0.15, 0.2) is 10.5 Å². The van der Waals surface area contributed by atoms with Crippen LogP contribution in [0.5, 0.6) is 0 Å². The van der Waals surface area contributed by atoms with E-state index in [9.17, 15) is 9.59 Å². The largest absolute Gasteiger partial charge is 0.466 e. The molecule has 0 radical (unpaired) electrons. The molecule has 3 N–H and O–H groups in total. The van der Waals surface area contributed by atoms with Crippen molar-refractivity contribution in [2.24, 2.45) is 0 Å². The quantitative estimate of drug-likeness (QED) is 0.751. The van der Waals surface area contributed by atoms with Crippen molar-refractivity contribution in [2.75, 3.05) is 12.4 Å². The minimum atomic E-state index is -0.426. The fraction of sp³-hybridized carbons (Fsp3) is 0.308. The molecule has 2 aromatic rings. The van der Waals surface area contributed by atoms with E-state index in [0.717, 1.165) is 0 Å². The lowest BCUT2D eigenvalue weighted by molar-refractivity contribution is 0.0846. The molecule has 7 nitrogen and oxygen atoms in total. The molecule has 0 aliphatic heterocycles. The second-order valence-corrected chi connectivity index (χ2v) is 5.23. The van der Waals surface area contributed by atoms with Crippen molar-refractivity contribution < 1.29 is 14.0 Å². The highest BCUT2D eigenvalue weighted by atomic mass is 32.1. The first-order valence-corrected chi connectivity index (χ1v) is 7.03. The molecule has 2 rings (SSSR count). The van der Waals surface area contributed by atoms with Gasteiger partial charge in [-0.3, -0.25) is 20.4 Å². The van der Waals surface area contributed by atoms with Crippen LogP contribution in [0.3, 0.4) is 0 Å². The van der Waals surface area contributed by atoms with Gasteiger partial charge in [0.1, 0.15) is 16.5 Å². The maximum Gasteiger partial charge on any atom is 0.274 e. The number of carbonyl (C=O) groups is 2. The molecule has 0 saturated heterocycles. The zero-order valence-corrected chi connectivity index (χ0v) is 13.0. The van der Waals surface area contributed by atoms with Gasteiger partial charge >= 0.3 is 0 Å². The van der Waals surface area contributed by atoms with Gasteiger partial charge in [0, 0.05) is 7.05 Å². The molecule has 2 amide bonds. The smallest absolute Gasteiger partial charge is 0.274 e. The predicted octanol–water partition coefficient (Wildman–Crippen LogP) is 1.78. The van der Waals surface area contributed by atoms with Crippen LogP contribution in [-0.4, -0.2) is 23.2 Å². The summed E-state index contributed by atoms with van der Waals surface area (Å²) in [6.45, 7) is 5.18. The number of hydrogen-bond acceptors (Lipinski definition) is 6. The van der Waals surface area contributed by atoms with Gasteiger partial charge < -0.3 is 9.73 Å². The highest BCUT2D eigenvalue weighted by molar-refractivity contribution is 7.10. The van der Waals surface area contributed by atoms with E-state index in [-0.39, 0.29) is 0 Å². The van der Waals surface area contributed by atoms with Gasteiger partial charge in [0.2, 0.25) is 0 Å². The number of aromatic nitrogens is 1. The number of rotatable bonds is 3. The van der Waals surface area contributed by atoms with Gasteiger partial charge in [-0.2, -0.15) is 4.37 Å². The van der Waals surface area contributed by atoms with Crippen LogP contribution >= 0.6 is 11.5 Å². The lowest BCUT2D eigenvalue weighted by Gasteiger charge is -2.07. The van der Waals surface area contributed by atoms with Gasteiger partial charge in [-0.1, -0.05) is 0 Å². The molecule has 0 saturated carbocycles. The van der Waals surface area contributed by atoms with Crippen molar-refractivity contribution in [1.82, 2.24) is 15.2 Å². The van der Waals surface area contributed by atoms with Crippen LogP contribution in [0.25, 0.3) is 0 Å². The van der Waals surface area contributed by atoms with Crippen LogP contribution in [0.4, 0.5) is 5.00 Å². The summed E-state index contributed by atoms with van der Waals surface area (Å²) in [7, 11) is 1.71. The van der Waals surface area contributed by atoms with Gasteiger partial charge in [0.05, 0.1) is 16.8 Å². The predicted molar refractivity (Wildman–Crippen MR) is 79.5 cm³/mol. The van der Waals surface area contributed by atoms with Crippen LogP contribution in [0.1, 0.15) is 37.9 Å². The normalized spacial score (nSPS) is 10.3. The molecule has 21 heavy (non-hydrogen) atoms. The van der Waals surface area contributed by atoms with Gasteiger partial charge in [-0.05, 0) is 38.4 Å². The molecular weight excluding hydrogens is 292 g/mol. The number of nitrogens with zero attached hydrogens (tertiary/aromatic N) is 1. The Morgan fingerprint density at radius 3 is 2.43 bits per heavy atom. The highest BCUT2D eigenvalue weighted by Crippen LogP contribution is 2.23. The first-order valence-electron chi connectivity index (χ1n) is 6.25. The zero-order chi connectivity index (χ0) is 15.6. The van der Waals surface area contributed by atoms with Crippen LogP contribution in [0, 0.1) is 20.8 Å². The van der Waals surface area contributed by atoms with Crippen LogP contribution in [-0.2, 0) is 0 Å². The lowest BCUT2D eigenvalue weighted by Crippen LogP contribution is -2.42. The Morgan fingerprint density at radius 1 is 1.19 bits per heavy atom. The summed E-state index contributed by atoms with van der Waals surface area (Å²) >= 11 is 1.19. The van der Waals surface area contributed by atoms with E-state index >= 15 is 0 Å². The average Bonchev–Trinajstić information content (AvgIpc) is 2.98. The van der Waals surface area contributed by atoms with E-state index < -0.39 is 11.8 Å². The van der Waals surface area contributed by atoms with E-state index in [2.05, 4.69) is 20.5 Å². The fourth-order valence-electron chi connectivity index (χ4n) is 1.91. The van der Waals surface area contributed by atoms with Crippen molar-refractivity contribution in [3.63, 3.8) is 0 Å². The minimum absolute atomic E-state index is 0.391. The number of nitrogens with one attached hydrogen (secondary N) is 3. The number of furan rings is 1. The third-order valence-corrected chi connectivity index (χ3v) is 3.85. The summed E-state index contributed by atoms with van der Waals surface area (Å²) in [6.07, 6.45) is 0. The van der Waals surface area contributed by atoms with Crippen molar-refractivity contribution >= 4 is 28.3 Å². The Kier molecular flexibility index (Phi) is 4.27. The van der Waals surface area contributed by atoms with Crippen LogP contribution < -0.4 is 16.2 Å². The summed E-state index contributed by atoms with van der Waals surface area (Å²) in [4.78, 5) is 24.1. The number of hydrogen-bond donors (Lipinski definition) is 3. The van der Waals surface area contributed by atoms with E-state index in [4.69, 9.17) is 4.42 Å². The summed E-state index contributed by atoms with van der Waals surface area (Å²) in [5.41, 5.74) is 6.17. The molecule has 2 aromatic heterocycles. The molecule has 112 valence electrons. The number of amides is 2. The Hall–Kier alpha value is -2.35. The van der Waals surface area contributed by atoms with E-state index in [0.29, 0.717) is 33.3 Å². The molecule has 0 atom stereocenters. The first kappa shape index (κ1) is 15.0. The van der Waals surface area contributed by atoms with Crippen molar-refractivity contribution in [3.8, 4) is 0 Å². The van der Waals surface area contributed by atoms with Crippen LogP contribution in [0.2, 0.25) is 0 Å². The summed E-state index contributed by atoms with van der Waals surface area (Å²) in [5.74, 6) is 0.296. The molecule has 0 unspecified atom stereocenters. The second kappa shape index (κ2) is 5.96. The monoisotopic (exact) mass is 308 g/mol. The van der Waals surface area contributed by atoms with Gasteiger partial charge in [0.15, 0.2) is 0 Å². The number of anilines is 1. The summed E-state index contributed by atoms with van der Waals surface area (Å²) in [5, 5.41) is 3.54. The molecule has 8 heteroatoms. The molecule has 2 heterocycles. The third kappa shape index (κ3) is 3.05. The molecule has 0 bridgehead atoms.